The van der Waals surface area contributed by atoms with Gasteiger partial charge in [-0.25, -0.2) is 4.39 Å². The van der Waals surface area contributed by atoms with E-state index in [-0.39, 0.29) is 18.3 Å². The molecule has 4 rings (SSSR count). The zero-order valence-corrected chi connectivity index (χ0v) is 13.8. The molecule has 126 valence electrons. The molecule has 2 aromatic carbocycles. The lowest BCUT2D eigenvalue weighted by molar-refractivity contribution is -0.118. The molecule has 1 aliphatic heterocycles. The highest BCUT2D eigenvalue weighted by atomic mass is 19.1. The van der Waals surface area contributed by atoms with Crippen molar-refractivity contribution in [2.24, 2.45) is 7.05 Å². The van der Waals surface area contributed by atoms with E-state index in [2.05, 4.69) is 10.4 Å². The number of rotatable bonds is 2. The van der Waals surface area contributed by atoms with Gasteiger partial charge in [-0.2, -0.15) is 5.10 Å². The summed E-state index contributed by atoms with van der Waals surface area (Å²) in [4.78, 5) is 11.6. The molecule has 0 fully saturated rings. The number of carbonyl (C=O) groups excluding carboxylic acids is 1. The summed E-state index contributed by atoms with van der Waals surface area (Å²) in [5.74, 6) is 0.190. The standard InChI is InChI=1S/C19H16FN3O2/c1-11-18(12-3-6-14(20)7-4-12)19(23(2)22-11)13-5-8-16-15(9-13)21-17(24)10-25-16/h3-9H,10H2,1-2H3,(H,21,24). The Morgan fingerprint density at radius 2 is 1.88 bits per heavy atom. The van der Waals surface area contributed by atoms with E-state index < -0.39 is 0 Å². The summed E-state index contributed by atoms with van der Waals surface area (Å²) in [6.45, 7) is 1.95. The van der Waals surface area contributed by atoms with Crippen molar-refractivity contribution in [3.8, 4) is 28.1 Å². The summed E-state index contributed by atoms with van der Waals surface area (Å²) in [7, 11) is 1.86. The molecule has 1 N–H and O–H groups in total. The molecule has 2 heterocycles. The second-order valence-corrected chi connectivity index (χ2v) is 5.99. The number of nitrogens with one attached hydrogen (secondary N) is 1. The quantitative estimate of drug-likeness (QED) is 0.778. The Morgan fingerprint density at radius 3 is 2.64 bits per heavy atom. The Hall–Kier alpha value is -3.15. The van der Waals surface area contributed by atoms with Crippen molar-refractivity contribution in [3.05, 3.63) is 54.0 Å². The molecular weight excluding hydrogens is 321 g/mol. The monoisotopic (exact) mass is 337 g/mol. The van der Waals surface area contributed by atoms with E-state index in [9.17, 15) is 9.18 Å². The number of ether oxygens (including phenoxy) is 1. The van der Waals surface area contributed by atoms with Crippen molar-refractivity contribution in [1.29, 1.82) is 0 Å². The average molecular weight is 337 g/mol. The number of carbonyl (C=O) groups is 1. The highest BCUT2D eigenvalue weighted by Gasteiger charge is 2.21. The van der Waals surface area contributed by atoms with Crippen LogP contribution >= 0.6 is 0 Å². The van der Waals surface area contributed by atoms with E-state index >= 15 is 0 Å². The van der Waals surface area contributed by atoms with Gasteiger partial charge in [0, 0.05) is 18.2 Å². The molecule has 0 radical (unpaired) electrons. The SMILES string of the molecule is Cc1nn(C)c(-c2ccc3c(c2)NC(=O)CO3)c1-c1ccc(F)cc1. The van der Waals surface area contributed by atoms with E-state index in [0.29, 0.717) is 11.4 Å². The van der Waals surface area contributed by atoms with Crippen molar-refractivity contribution >= 4 is 11.6 Å². The van der Waals surface area contributed by atoms with E-state index in [1.165, 1.54) is 12.1 Å². The summed E-state index contributed by atoms with van der Waals surface area (Å²) in [6, 6.07) is 12.0. The fraction of sp³-hybridized carbons (Fsp3) is 0.158. The zero-order chi connectivity index (χ0) is 17.6. The van der Waals surface area contributed by atoms with Crippen LogP contribution < -0.4 is 10.1 Å². The fourth-order valence-electron chi connectivity index (χ4n) is 3.18. The zero-order valence-electron chi connectivity index (χ0n) is 13.8. The van der Waals surface area contributed by atoms with E-state index in [1.54, 1.807) is 16.8 Å². The highest BCUT2D eigenvalue weighted by molar-refractivity contribution is 5.96. The molecule has 0 aliphatic carbocycles. The Kier molecular flexibility index (Phi) is 3.53. The van der Waals surface area contributed by atoms with Crippen molar-refractivity contribution in [2.75, 3.05) is 11.9 Å². The molecule has 1 aromatic heterocycles. The minimum Gasteiger partial charge on any atom is -0.482 e. The largest absolute Gasteiger partial charge is 0.482 e. The van der Waals surface area contributed by atoms with Crippen LogP contribution in [-0.4, -0.2) is 22.3 Å². The predicted octanol–water partition coefficient (Wildman–Crippen LogP) is 3.53. The molecule has 6 heteroatoms. The van der Waals surface area contributed by atoms with Gasteiger partial charge in [-0.3, -0.25) is 9.48 Å². The molecule has 5 nitrogen and oxygen atoms in total. The number of nitrogens with zero attached hydrogens (tertiary/aromatic N) is 2. The number of aryl methyl sites for hydroxylation is 2. The number of halogens is 1. The Bertz CT molecular complexity index is 977. The van der Waals surface area contributed by atoms with Gasteiger partial charge in [0.15, 0.2) is 6.61 Å². The van der Waals surface area contributed by atoms with Crippen LogP contribution in [0.2, 0.25) is 0 Å². The number of aromatic nitrogens is 2. The highest BCUT2D eigenvalue weighted by Crippen LogP contribution is 2.38. The van der Waals surface area contributed by atoms with Gasteiger partial charge < -0.3 is 10.1 Å². The number of anilines is 1. The van der Waals surface area contributed by atoms with Crippen LogP contribution in [0.1, 0.15) is 5.69 Å². The second kappa shape index (κ2) is 5.73. The van der Waals surface area contributed by atoms with E-state index in [1.807, 2.05) is 32.2 Å². The maximum atomic E-state index is 13.3. The molecule has 1 aliphatic rings. The summed E-state index contributed by atoms with van der Waals surface area (Å²) in [5.41, 5.74) is 5.10. The summed E-state index contributed by atoms with van der Waals surface area (Å²) in [5, 5.41) is 7.34. The minimum absolute atomic E-state index is 0.0258. The van der Waals surface area contributed by atoms with Gasteiger partial charge in [0.1, 0.15) is 11.6 Å². The maximum Gasteiger partial charge on any atom is 0.262 e. The number of fused-ring (bicyclic) bond motifs is 1. The van der Waals surface area contributed by atoms with Crippen molar-refractivity contribution in [3.63, 3.8) is 0 Å². The maximum absolute atomic E-state index is 13.3. The Morgan fingerprint density at radius 1 is 1.16 bits per heavy atom. The third-order valence-corrected chi connectivity index (χ3v) is 4.24. The van der Waals surface area contributed by atoms with Gasteiger partial charge in [-0.05, 0) is 42.8 Å². The summed E-state index contributed by atoms with van der Waals surface area (Å²) < 4.78 is 20.5. The minimum atomic E-state index is -0.277. The topological polar surface area (TPSA) is 56.2 Å². The molecule has 0 spiro atoms. The Labute approximate surface area is 144 Å². The fourth-order valence-corrected chi connectivity index (χ4v) is 3.18. The summed E-state index contributed by atoms with van der Waals surface area (Å²) in [6.07, 6.45) is 0. The van der Waals surface area contributed by atoms with Gasteiger partial charge in [0.2, 0.25) is 0 Å². The average Bonchev–Trinajstić information content (AvgIpc) is 2.89. The van der Waals surface area contributed by atoms with Gasteiger partial charge >= 0.3 is 0 Å². The van der Waals surface area contributed by atoms with Gasteiger partial charge in [-0.1, -0.05) is 12.1 Å². The van der Waals surface area contributed by atoms with Gasteiger partial charge in [-0.15, -0.1) is 0 Å². The lowest BCUT2D eigenvalue weighted by Crippen LogP contribution is -2.25. The molecule has 0 saturated carbocycles. The smallest absolute Gasteiger partial charge is 0.262 e. The molecule has 0 atom stereocenters. The van der Waals surface area contributed by atoms with Crippen LogP contribution in [0.15, 0.2) is 42.5 Å². The number of benzene rings is 2. The van der Waals surface area contributed by atoms with Crippen molar-refractivity contribution < 1.29 is 13.9 Å². The Balaban J connectivity index is 1.87. The van der Waals surface area contributed by atoms with Crippen LogP contribution in [0.3, 0.4) is 0 Å². The molecule has 0 bridgehead atoms. The second-order valence-electron chi connectivity index (χ2n) is 5.99. The number of hydrogen-bond acceptors (Lipinski definition) is 3. The molecule has 3 aromatic rings. The van der Waals surface area contributed by atoms with Gasteiger partial charge in [0.05, 0.1) is 17.1 Å². The van der Waals surface area contributed by atoms with Crippen molar-refractivity contribution in [2.45, 2.75) is 6.92 Å². The summed E-state index contributed by atoms with van der Waals surface area (Å²) >= 11 is 0. The first-order chi connectivity index (χ1) is 12.0. The molecule has 0 unspecified atom stereocenters. The van der Waals surface area contributed by atoms with E-state index in [4.69, 9.17) is 4.74 Å². The first-order valence-electron chi connectivity index (χ1n) is 7.89. The lowest BCUT2D eigenvalue weighted by Gasteiger charge is -2.19. The molecule has 25 heavy (non-hydrogen) atoms. The van der Waals surface area contributed by atoms with Crippen molar-refractivity contribution in [1.82, 2.24) is 9.78 Å². The normalized spacial score (nSPS) is 13.2. The van der Waals surface area contributed by atoms with Crippen LogP contribution in [-0.2, 0) is 11.8 Å². The molecule has 1 amide bonds. The van der Waals surface area contributed by atoms with Crippen LogP contribution in [0.25, 0.3) is 22.4 Å². The third kappa shape index (κ3) is 2.65. The predicted molar refractivity (Wildman–Crippen MR) is 92.9 cm³/mol. The molecular formula is C19H16FN3O2. The first-order valence-corrected chi connectivity index (χ1v) is 7.89. The third-order valence-electron chi connectivity index (χ3n) is 4.24. The van der Waals surface area contributed by atoms with Crippen LogP contribution in [0.4, 0.5) is 10.1 Å². The first kappa shape index (κ1) is 15.4. The van der Waals surface area contributed by atoms with E-state index in [0.717, 1.165) is 28.1 Å². The number of amides is 1. The molecule has 0 saturated heterocycles. The van der Waals surface area contributed by atoms with Gasteiger partial charge in [0.25, 0.3) is 5.91 Å². The van der Waals surface area contributed by atoms with Crippen LogP contribution in [0, 0.1) is 12.7 Å². The number of hydrogen-bond donors (Lipinski definition) is 1. The lowest BCUT2D eigenvalue weighted by atomic mass is 9.98. The van der Waals surface area contributed by atoms with Crippen LogP contribution in [0.5, 0.6) is 5.75 Å².